The maximum absolute atomic E-state index is 5.46. The molecule has 4 nitrogen and oxygen atoms in total. The standard InChI is InChI=1S/C14H23N3O/c1-11-3-2-4-13(16-11)14-7-15-10-17(14)8-12-5-6-18-9-12/h7,10-13,16H,2-6,8-9H2,1H3. The Morgan fingerprint density at radius 3 is 3.17 bits per heavy atom. The lowest BCUT2D eigenvalue weighted by atomic mass is 9.97. The number of hydrogen-bond acceptors (Lipinski definition) is 3. The topological polar surface area (TPSA) is 39.1 Å². The third kappa shape index (κ3) is 2.59. The van der Waals surface area contributed by atoms with Crippen LogP contribution in [0.15, 0.2) is 12.5 Å². The molecule has 0 amide bonds. The van der Waals surface area contributed by atoms with Gasteiger partial charge in [0.25, 0.3) is 0 Å². The van der Waals surface area contributed by atoms with Crippen molar-refractivity contribution < 1.29 is 4.74 Å². The van der Waals surface area contributed by atoms with Crippen molar-refractivity contribution in [3.05, 3.63) is 18.2 Å². The van der Waals surface area contributed by atoms with Gasteiger partial charge in [-0.15, -0.1) is 0 Å². The number of rotatable bonds is 3. The zero-order valence-electron chi connectivity index (χ0n) is 11.1. The van der Waals surface area contributed by atoms with Gasteiger partial charge >= 0.3 is 0 Å². The molecule has 1 aromatic rings. The van der Waals surface area contributed by atoms with Crippen molar-refractivity contribution in [3.8, 4) is 0 Å². The van der Waals surface area contributed by atoms with Crippen molar-refractivity contribution >= 4 is 0 Å². The average molecular weight is 249 g/mol. The van der Waals surface area contributed by atoms with E-state index in [-0.39, 0.29) is 0 Å². The first kappa shape index (κ1) is 12.2. The van der Waals surface area contributed by atoms with Crippen LogP contribution in [0.1, 0.15) is 44.3 Å². The lowest BCUT2D eigenvalue weighted by Gasteiger charge is -2.29. The van der Waals surface area contributed by atoms with Gasteiger partial charge in [-0.05, 0) is 32.6 Å². The molecule has 3 atom stereocenters. The smallest absolute Gasteiger partial charge is 0.0948 e. The van der Waals surface area contributed by atoms with Gasteiger partial charge in [-0.25, -0.2) is 4.98 Å². The molecule has 1 aromatic heterocycles. The maximum Gasteiger partial charge on any atom is 0.0948 e. The van der Waals surface area contributed by atoms with E-state index in [0.29, 0.717) is 18.0 Å². The lowest BCUT2D eigenvalue weighted by Crippen LogP contribution is -2.35. The molecule has 4 heteroatoms. The minimum atomic E-state index is 0.485. The van der Waals surface area contributed by atoms with E-state index in [9.17, 15) is 0 Å². The summed E-state index contributed by atoms with van der Waals surface area (Å²) in [7, 11) is 0. The molecule has 0 aliphatic carbocycles. The fraction of sp³-hybridized carbons (Fsp3) is 0.786. The Kier molecular flexibility index (Phi) is 3.66. The number of nitrogens with zero attached hydrogens (tertiary/aromatic N) is 2. The van der Waals surface area contributed by atoms with Crippen molar-refractivity contribution in [1.29, 1.82) is 0 Å². The molecule has 0 radical (unpaired) electrons. The predicted molar refractivity (Wildman–Crippen MR) is 70.3 cm³/mol. The highest BCUT2D eigenvalue weighted by atomic mass is 16.5. The van der Waals surface area contributed by atoms with Gasteiger partial charge in [-0.1, -0.05) is 0 Å². The Balaban J connectivity index is 1.69. The maximum atomic E-state index is 5.46. The minimum Gasteiger partial charge on any atom is -0.381 e. The zero-order chi connectivity index (χ0) is 12.4. The minimum absolute atomic E-state index is 0.485. The number of piperidine rings is 1. The summed E-state index contributed by atoms with van der Waals surface area (Å²) in [5.74, 6) is 0.666. The van der Waals surface area contributed by atoms with Gasteiger partial charge in [0, 0.05) is 37.4 Å². The normalized spacial score (nSPS) is 32.8. The third-order valence-corrected chi connectivity index (χ3v) is 4.20. The molecule has 1 N–H and O–H groups in total. The van der Waals surface area contributed by atoms with Crippen molar-refractivity contribution in [2.75, 3.05) is 13.2 Å². The summed E-state index contributed by atoms with van der Waals surface area (Å²) in [5.41, 5.74) is 1.36. The molecular formula is C14H23N3O. The zero-order valence-corrected chi connectivity index (χ0v) is 11.1. The van der Waals surface area contributed by atoms with Crippen LogP contribution in [0.25, 0.3) is 0 Å². The Labute approximate surface area is 109 Å². The fourth-order valence-electron chi connectivity index (χ4n) is 3.15. The van der Waals surface area contributed by atoms with Gasteiger partial charge in [0.1, 0.15) is 0 Å². The summed E-state index contributed by atoms with van der Waals surface area (Å²) in [6, 6.07) is 1.11. The van der Waals surface area contributed by atoms with Crippen LogP contribution < -0.4 is 5.32 Å². The molecule has 3 unspecified atom stereocenters. The van der Waals surface area contributed by atoms with E-state index in [4.69, 9.17) is 4.74 Å². The van der Waals surface area contributed by atoms with E-state index in [1.165, 1.54) is 31.4 Å². The van der Waals surface area contributed by atoms with Crippen LogP contribution in [0.2, 0.25) is 0 Å². The second-order valence-corrected chi connectivity index (χ2v) is 5.75. The Bertz CT molecular complexity index is 384. The molecule has 100 valence electrons. The molecule has 2 aliphatic heterocycles. The van der Waals surface area contributed by atoms with Gasteiger partial charge in [-0.2, -0.15) is 0 Å². The molecule has 0 saturated carbocycles. The Hall–Kier alpha value is -0.870. The van der Waals surface area contributed by atoms with Crippen molar-refractivity contribution in [2.45, 2.75) is 51.2 Å². The van der Waals surface area contributed by atoms with Gasteiger partial charge < -0.3 is 14.6 Å². The summed E-state index contributed by atoms with van der Waals surface area (Å²) >= 11 is 0. The van der Waals surface area contributed by atoms with E-state index in [2.05, 4.69) is 21.8 Å². The predicted octanol–water partition coefficient (Wildman–Crippen LogP) is 2.12. The number of nitrogens with one attached hydrogen (secondary N) is 1. The van der Waals surface area contributed by atoms with Crippen molar-refractivity contribution in [1.82, 2.24) is 14.9 Å². The first-order valence-electron chi connectivity index (χ1n) is 7.17. The third-order valence-electron chi connectivity index (χ3n) is 4.20. The summed E-state index contributed by atoms with van der Waals surface area (Å²) < 4.78 is 7.79. The Morgan fingerprint density at radius 1 is 1.44 bits per heavy atom. The molecule has 0 aromatic carbocycles. The summed E-state index contributed by atoms with van der Waals surface area (Å²) in [6.07, 6.45) is 9.04. The second kappa shape index (κ2) is 5.41. The van der Waals surface area contributed by atoms with E-state index in [1.54, 1.807) is 0 Å². The average Bonchev–Trinajstić information content (AvgIpc) is 3.01. The van der Waals surface area contributed by atoms with Crippen LogP contribution in [0, 0.1) is 5.92 Å². The van der Waals surface area contributed by atoms with Crippen LogP contribution in [-0.2, 0) is 11.3 Å². The van der Waals surface area contributed by atoms with Crippen LogP contribution in [0.5, 0.6) is 0 Å². The molecule has 0 spiro atoms. The molecule has 3 heterocycles. The van der Waals surface area contributed by atoms with Crippen LogP contribution in [-0.4, -0.2) is 28.8 Å². The number of hydrogen-bond donors (Lipinski definition) is 1. The number of ether oxygens (including phenoxy) is 1. The lowest BCUT2D eigenvalue weighted by molar-refractivity contribution is 0.182. The highest BCUT2D eigenvalue weighted by Crippen LogP contribution is 2.26. The second-order valence-electron chi connectivity index (χ2n) is 5.75. The summed E-state index contributed by atoms with van der Waals surface area (Å²) in [5, 5.41) is 3.69. The van der Waals surface area contributed by atoms with Gasteiger partial charge in [0.15, 0.2) is 0 Å². The molecule has 0 bridgehead atoms. The molecule has 18 heavy (non-hydrogen) atoms. The summed E-state index contributed by atoms with van der Waals surface area (Å²) in [4.78, 5) is 4.35. The highest BCUT2D eigenvalue weighted by Gasteiger charge is 2.24. The van der Waals surface area contributed by atoms with Gasteiger partial charge in [0.2, 0.25) is 0 Å². The van der Waals surface area contributed by atoms with Gasteiger partial charge in [0.05, 0.1) is 18.6 Å². The van der Waals surface area contributed by atoms with Crippen LogP contribution in [0.3, 0.4) is 0 Å². The van der Waals surface area contributed by atoms with E-state index >= 15 is 0 Å². The van der Waals surface area contributed by atoms with Crippen LogP contribution >= 0.6 is 0 Å². The van der Waals surface area contributed by atoms with E-state index in [1.807, 2.05) is 12.5 Å². The molecule has 2 fully saturated rings. The van der Waals surface area contributed by atoms with E-state index in [0.717, 1.165) is 19.8 Å². The number of aromatic nitrogens is 2. The first-order chi connectivity index (χ1) is 8.83. The fourth-order valence-corrected chi connectivity index (χ4v) is 3.15. The SMILES string of the molecule is CC1CCCC(c2cncn2CC2CCOC2)N1. The largest absolute Gasteiger partial charge is 0.381 e. The molecule has 2 saturated heterocycles. The van der Waals surface area contributed by atoms with Crippen molar-refractivity contribution in [2.24, 2.45) is 5.92 Å². The molecule has 2 aliphatic rings. The Morgan fingerprint density at radius 2 is 2.39 bits per heavy atom. The highest BCUT2D eigenvalue weighted by molar-refractivity contribution is 5.07. The van der Waals surface area contributed by atoms with Crippen LogP contribution in [0.4, 0.5) is 0 Å². The monoisotopic (exact) mass is 249 g/mol. The molecular weight excluding hydrogens is 226 g/mol. The quantitative estimate of drug-likeness (QED) is 0.892. The number of imidazole rings is 1. The summed E-state index contributed by atoms with van der Waals surface area (Å²) in [6.45, 7) is 5.17. The van der Waals surface area contributed by atoms with E-state index < -0.39 is 0 Å². The van der Waals surface area contributed by atoms with Crippen molar-refractivity contribution in [3.63, 3.8) is 0 Å². The molecule has 3 rings (SSSR count). The van der Waals surface area contributed by atoms with Gasteiger partial charge in [-0.3, -0.25) is 0 Å². The first-order valence-corrected chi connectivity index (χ1v) is 7.17.